The Morgan fingerprint density at radius 1 is 1.19 bits per heavy atom. The standard InChI is InChI=1S/C16H28N2O2S/c1-7-8-17-15-9-13(4)16(14(5)10-15)21(19,20)18(6)11-12(2)3/h9-10,12,17H,7-8,11H2,1-6H3. The molecule has 4 nitrogen and oxygen atoms in total. The molecule has 0 atom stereocenters. The van der Waals surface area contributed by atoms with Crippen molar-refractivity contribution in [1.82, 2.24) is 4.31 Å². The molecule has 1 N–H and O–H groups in total. The molecule has 0 saturated heterocycles. The van der Waals surface area contributed by atoms with E-state index in [1.165, 1.54) is 4.31 Å². The SMILES string of the molecule is CCCNc1cc(C)c(S(=O)(=O)N(C)CC(C)C)c(C)c1. The van der Waals surface area contributed by atoms with Gasteiger partial charge in [-0.3, -0.25) is 0 Å². The van der Waals surface area contributed by atoms with Crippen LogP contribution in [-0.2, 0) is 10.0 Å². The maximum Gasteiger partial charge on any atom is 0.243 e. The van der Waals surface area contributed by atoms with Crippen molar-refractivity contribution in [2.24, 2.45) is 5.92 Å². The van der Waals surface area contributed by atoms with E-state index in [0.29, 0.717) is 17.4 Å². The Labute approximate surface area is 129 Å². The summed E-state index contributed by atoms with van der Waals surface area (Å²) >= 11 is 0. The summed E-state index contributed by atoms with van der Waals surface area (Å²) in [5, 5.41) is 3.31. The van der Waals surface area contributed by atoms with Crippen molar-refractivity contribution in [1.29, 1.82) is 0 Å². The van der Waals surface area contributed by atoms with E-state index < -0.39 is 10.0 Å². The maximum atomic E-state index is 12.7. The van der Waals surface area contributed by atoms with Crippen LogP contribution in [0.4, 0.5) is 5.69 Å². The Hall–Kier alpha value is -1.07. The third-order valence-electron chi connectivity index (χ3n) is 3.33. The normalized spacial score (nSPS) is 12.2. The van der Waals surface area contributed by atoms with Crippen LogP contribution in [0.1, 0.15) is 38.3 Å². The fourth-order valence-electron chi connectivity index (χ4n) is 2.50. The molecule has 0 aliphatic carbocycles. The van der Waals surface area contributed by atoms with Gasteiger partial charge in [0, 0.05) is 25.8 Å². The van der Waals surface area contributed by atoms with Crippen LogP contribution in [0.25, 0.3) is 0 Å². The predicted molar refractivity (Wildman–Crippen MR) is 89.4 cm³/mol. The van der Waals surface area contributed by atoms with Gasteiger partial charge in [-0.15, -0.1) is 0 Å². The molecule has 1 aromatic carbocycles. The van der Waals surface area contributed by atoms with Crippen LogP contribution in [0.15, 0.2) is 17.0 Å². The summed E-state index contributed by atoms with van der Waals surface area (Å²) in [6.07, 6.45) is 1.04. The van der Waals surface area contributed by atoms with Crippen molar-refractivity contribution >= 4 is 15.7 Å². The highest BCUT2D eigenvalue weighted by Crippen LogP contribution is 2.27. The highest BCUT2D eigenvalue weighted by atomic mass is 32.2. The van der Waals surface area contributed by atoms with Crippen molar-refractivity contribution < 1.29 is 8.42 Å². The minimum absolute atomic E-state index is 0.302. The first-order chi connectivity index (χ1) is 9.70. The molecule has 0 aromatic heterocycles. The molecule has 0 saturated carbocycles. The Balaban J connectivity index is 3.18. The molecular weight excluding hydrogens is 284 g/mol. The van der Waals surface area contributed by atoms with E-state index in [4.69, 9.17) is 0 Å². The van der Waals surface area contributed by atoms with Gasteiger partial charge in [0.1, 0.15) is 0 Å². The van der Waals surface area contributed by atoms with Gasteiger partial charge in [-0.05, 0) is 49.4 Å². The van der Waals surface area contributed by atoms with Crippen LogP contribution in [0.2, 0.25) is 0 Å². The van der Waals surface area contributed by atoms with E-state index in [1.54, 1.807) is 7.05 Å². The zero-order valence-corrected chi connectivity index (χ0v) is 14.8. The van der Waals surface area contributed by atoms with Gasteiger partial charge in [-0.2, -0.15) is 0 Å². The smallest absolute Gasteiger partial charge is 0.243 e. The molecule has 1 rings (SSSR count). The van der Waals surface area contributed by atoms with Crippen LogP contribution in [0.5, 0.6) is 0 Å². The number of rotatable bonds is 7. The second kappa shape index (κ2) is 7.27. The van der Waals surface area contributed by atoms with Gasteiger partial charge in [0.05, 0.1) is 4.90 Å². The topological polar surface area (TPSA) is 49.4 Å². The minimum Gasteiger partial charge on any atom is -0.385 e. The molecule has 0 spiro atoms. The summed E-state index contributed by atoms with van der Waals surface area (Å²) < 4.78 is 26.9. The Bertz CT molecular complexity index is 557. The van der Waals surface area contributed by atoms with Gasteiger partial charge in [-0.25, -0.2) is 12.7 Å². The summed E-state index contributed by atoms with van der Waals surface area (Å²) in [6, 6.07) is 3.83. The lowest BCUT2D eigenvalue weighted by atomic mass is 10.1. The van der Waals surface area contributed by atoms with E-state index in [0.717, 1.165) is 29.8 Å². The summed E-state index contributed by atoms with van der Waals surface area (Å²) in [6.45, 7) is 11.3. The zero-order chi connectivity index (χ0) is 16.2. The molecule has 120 valence electrons. The number of aryl methyl sites for hydroxylation is 2. The molecule has 0 unspecified atom stereocenters. The van der Waals surface area contributed by atoms with Gasteiger partial charge in [0.2, 0.25) is 10.0 Å². The summed E-state index contributed by atoms with van der Waals surface area (Å²) in [5.41, 5.74) is 2.57. The highest BCUT2D eigenvalue weighted by Gasteiger charge is 2.25. The molecule has 0 bridgehead atoms. The number of hydrogen-bond acceptors (Lipinski definition) is 3. The van der Waals surface area contributed by atoms with Gasteiger partial charge < -0.3 is 5.32 Å². The molecule has 0 aliphatic rings. The molecule has 0 amide bonds. The van der Waals surface area contributed by atoms with Crippen LogP contribution in [0.3, 0.4) is 0 Å². The second-order valence-corrected chi connectivity index (χ2v) is 8.03. The molecule has 21 heavy (non-hydrogen) atoms. The van der Waals surface area contributed by atoms with Crippen LogP contribution >= 0.6 is 0 Å². The van der Waals surface area contributed by atoms with E-state index in [1.807, 2.05) is 39.8 Å². The Morgan fingerprint density at radius 3 is 2.14 bits per heavy atom. The van der Waals surface area contributed by atoms with E-state index in [2.05, 4.69) is 12.2 Å². The lowest BCUT2D eigenvalue weighted by molar-refractivity contribution is 0.416. The Kier molecular flexibility index (Phi) is 6.23. The average Bonchev–Trinajstić information content (AvgIpc) is 2.34. The fourth-order valence-corrected chi connectivity index (χ4v) is 4.23. The molecule has 1 aromatic rings. The number of anilines is 1. The van der Waals surface area contributed by atoms with Crippen molar-refractivity contribution in [3.05, 3.63) is 23.3 Å². The van der Waals surface area contributed by atoms with E-state index >= 15 is 0 Å². The predicted octanol–water partition coefficient (Wildman–Crippen LogP) is 3.40. The van der Waals surface area contributed by atoms with Gasteiger partial charge in [0.25, 0.3) is 0 Å². The van der Waals surface area contributed by atoms with Gasteiger partial charge in [0.15, 0.2) is 0 Å². The number of nitrogens with one attached hydrogen (secondary N) is 1. The molecular formula is C16H28N2O2S. The third-order valence-corrected chi connectivity index (χ3v) is 5.46. The number of nitrogens with zero attached hydrogens (tertiary/aromatic N) is 1. The van der Waals surface area contributed by atoms with Crippen molar-refractivity contribution in [3.63, 3.8) is 0 Å². The lowest BCUT2D eigenvalue weighted by Crippen LogP contribution is -2.31. The van der Waals surface area contributed by atoms with Crippen LogP contribution < -0.4 is 5.32 Å². The second-order valence-electron chi connectivity index (χ2n) is 6.05. The maximum absolute atomic E-state index is 12.7. The number of hydrogen-bond donors (Lipinski definition) is 1. The summed E-state index contributed by atoms with van der Waals surface area (Å²) in [7, 11) is -1.78. The Morgan fingerprint density at radius 2 is 1.71 bits per heavy atom. The van der Waals surface area contributed by atoms with E-state index in [-0.39, 0.29) is 0 Å². The fraction of sp³-hybridized carbons (Fsp3) is 0.625. The number of sulfonamides is 1. The molecule has 0 heterocycles. The zero-order valence-electron chi connectivity index (χ0n) is 14.0. The summed E-state index contributed by atoms with van der Waals surface area (Å²) in [4.78, 5) is 0.438. The first kappa shape index (κ1) is 18.0. The quantitative estimate of drug-likeness (QED) is 0.839. The van der Waals surface area contributed by atoms with Gasteiger partial charge in [-0.1, -0.05) is 20.8 Å². The molecule has 0 fully saturated rings. The average molecular weight is 312 g/mol. The minimum atomic E-state index is -3.43. The third kappa shape index (κ3) is 4.45. The van der Waals surface area contributed by atoms with Crippen molar-refractivity contribution in [2.75, 3.05) is 25.5 Å². The first-order valence-corrected chi connectivity index (χ1v) is 8.95. The highest BCUT2D eigenvalue weighted by molar-refractivity contribution is 7.89. The lowest BCUT2D eigenvalue weighted by Gasteiger charge is -2.22. The van der Waals surface area contributed by atoms with Gasteiger partial charge >= 0.3 is 0 Å². The molecule has 0 aliphatic heterocycles. The van der Waals surface area contributed by atoms with E-state index in [9.17, 15) is 8.42 Å². The molecule has 0 radical (unpaired) electrons. The van der Waals surface area contributed by atoms with Crippen LogP contribution in [-0.4, -0.2) is 32.9 Å². The van der Waals surface area contributed by atoms with Crippen molar-refractivity contribution in [3.8, 4) is 0 Å². The summed E-state index contributed by atoms with van der Waals surface area (Å²) in [5.74, 6) is 0.302. The molecule has 5 heteroatoms. The number of benzene rings is 1. The van der Waals surface area contributed by atoms with Crippen molar-refractivity contribution in [2.45, 2.75) is 45.9 Å². The monoisotopic (exact) mass is 312 g/mol. The largest absolute Gasteiger partial charge is 0.385 e. The van der Waals surface area contributed by atoms with Crippen LogP contribution in [0, 0.1) is 19.8 Å². The first-order valence-electron chi connectivity index (χ1n) is 7.51.